The number of fused-ring (bicyclic) bond motifs is 1. The van der Waals surface area contributed by atoms with E-state index < -0.39 is 5.91 Å². The summed E-state index contributed by atoms with van der Waals surface area (Å²) in [5.41, 5.74) is 0.878. The molecule has 0 atom stereocenters. The summed E-state index contributed by atoms with van der Waals surface area (Å²) in [4.78, 5) is 12.2. The standard InChI is InChI=1S/C19H15N3O6/c1-25-14-11-8-9-27-15(11)16(26-2)13(23)12(14)18-21-22-19(28-18)20-17(24)10-6-4-3-5-7-10/h3-9,23H,1-2H3,(H,20,22,24). The van der Waals surface area contributed by atoms with Crippen LogP contribution in [0.25, 0.3) is 22.4 Å². The summed E-state index contributed by atoms with van der Waals surface area (Å²) in [6.45, 7) is 0. The zero-order valence-corrected chi connectivity index (χ0v) is 14.9. The second-order valence-electron chi connectivity index (χ2n) is 5.69. The van der Waals surface area contributed by atoms with Crippen LogP contribution in [-0.2, 0) is 0 Å². The quantitative estimate of drug-likeness (QED) is 0.539. The third-order valence-corrected chi connectivity index (χ3v) is 4.10. The van der Waals surface area contributed by atoms with Gasteiger partial charge in [0.25, 0.3) is 11.8 Å². The second-order valence-corrected chi connectivity index (χ2v) is 5.69. The van der Waals surface area contributed by atoms with Crippen LogP contribution in [0.5, 0.6) is 17.2 Å². The third-order valence-electron chi connectivity index (χ3n) is 4.10. The highest BCUT2D eigenvalue weighted by molar-refractivity contribution is 6.03. The number of nitrogens with one attached hydrogen (secondary N) is 1. The minimum absolute atomic E-state index is 0.0564. The molecule has 0 bridgehead atoms. The van der Waals surface area contributed by atoms with Crippen molar-refractivity contribution in [3.8, 4) is 28.7 Å². The van der Waals surface area contributed by atoms with Crippen LogP contribution >= 0.6 is 0 Å². The number of phenolic OH excluding ortho intramolecular Hbond substituents is 1. The summed E-state index contributed by atoms with van der Waals surface area (Å²) in [6, 6.07) is 10.1. The van der Waals surface area contributed by atoms with E-state index in [0.29, 0.717) is 16.5 Å². The number of carbonyl (C=O) groups excluding carboxylic acids is 1. The van der Waals surface area contributed by atoms with E-state index in [9.17, 15) is 9.90 Å². The molecule has 0 saturated carbocycles. The van der Waals surface area contributed by atoms with E-state index >= 15 is 0 Å². The number of benzene rings is 2. The molecule has 9 nitrogen and oxygen atoms in total. The van der Waals surface area contributed by atoms with Crippen molar-refractivity contribution in [1.29, 1.82) is 0 Å². The number of furan rings is 1. The number of methoxy groups -OCH3 is 2. The van der Waals surface area contributed by atoms with Crippen molar-refractivity contribution in [3.63, 3.8) is 0 Å². The first-order chi connectivity index (χ1) is 13.6. The molecular weight excluding hydrogens is 366 g/mol. The maximum atomic E-state index is 12.2. The number of carbonyl (C=O) groups is 1. The Kier molecular flexibility index (Phi) is 4.32. The summed E-state index contributed by atoms with van der Waals surface area (Å²) in [5, 5.41) is 21.5. The van der Waals surface area contributed by atoms with Crippen LogP contribution in [0, 0.1) is 0 Å². The van der Waals surface area contributed by atoms with Crippen LogP contribution in [0.3, 0.4) is 0 Å². The lowest BCUT2D eigenvalue weighted by atomic mass is 10.1. The van der Waals surface area contributed by atoms with Crippen molar-refractivity contribution in [2.45, 2.75) is 0 Å². The molecular formula is C19H15N3O6. The maximum absolute atomic E-state index is 12.2. The fourth-order valence-electron chi connectivity index (χ4n) is 2.86. The van der Waals surface area contributed by atoms with Crippen molar-refractivity contribution in [1.82, 2.24) is 10.2 Å². The number of ether oxygens (including phenoxy) is 2. The lowest BCUT2D eigenvalue weighted by Gasteiger charge is -2.12. The van der Waals surface area contributed by atoms with Gasteiger partial charge in [-0.05, 0) is 18.2 Å². The fraction of sp³-hybridized carbons (Fsp3) is 0.105. The van der Waals surface area contributed by atoms with E-state index in [2.05, 4.69) is 15.5 Å². The Morgan fingerprint density at radius 1 is 1.07 bits per heavy atom. The van der Waals surface area contributed by atoms with Gasteiger partial charge in [-0.25, -0.2) is 0 Å². The molecule has 4 rings (SSSR count). The normalized spacial score (nSPS) is 10.8. The van der Waals surface area contributed by atoms with Gasteiger partial charge < -0.3 is 23.4 Å². The van der Waals surface area contributed by atoms with Crippen molar-refractivity contribution in [2.24, 2.45) is 0 Å². The van der Waals surface area contributed by atoms with Crippen LogP contribution in [0.2, 0.25) is 0 Å². The van der Waals surface area contributed by atoms with E-state index in [-0.39, 0.29) is 34.7 Å². The van der Waals surface area contributed by atoms with E-state index in [1.165, 1.54) is 20.5 Å². The minimum Gasteiger partial charge on any atom is -0.504 e. The van der Waals surface area contributed by atoms with Crippen molar-refractivity contribution >= 4 is 22.9 Å². The van der Waals surface area contributed by atoms with Crippen LogP contribution in [0.15, 0.2) is 51.5 Å². The van der Waals surface area contributed by atoms with Gasteiger partial charge in [-0.2, -0.15) is 0 Å². The van der Waals surface area contributed by atoms with Crippen molar-refractivity contribution in [2.75, 3.05) is 19.5 Å². The molecule has 2 N–H and O–H groups in total. The molecule has 0 fully saturated rings. The van der Waals surface area contributed by atoms with Gasteiger partial charge in [-0.15, -0.1) is 5.10 Å². The Morgan fingerprint density at radius 2 is 1.82 bits per heavy atom. The maximum Gasteiger partial charge on any atom is 0.322 e. The van der Waals surface area contributed by atoms with Gasteiger partial charge in [0.1, 0.15) is 11.3 Å². The molecule has 1 amide bonds. The van der Waals surface area contributed by atoms with Crippen LogP contribution in [0.4, 0.5) is 6.01 Å². The van der Waals surface area contributed by atoms with Gasteiger partial charge in [-0.1, -0.05) is 23.3 Å². The molecule has 2 aromatic carbocycles. The average Bonchev–Trinajstić information content (AvgIpc) is 3.37. The number of rotatable bonds is 5. The Labute approximate surface area is 158 Å². The Morgan fingerprint density at radius 3 is 2.54 bits per heavy atom. The molecule has 0 aliphatic rings. The second kappa shape index (κ2) is 6.95. The molecule has 2 aromatic heterocycles. The molecule has 0 radical (unpaired) electrons. The number of phenols is 1. The molecule has 0 unspecified atom stereocenters. The first-order valence-corrected chi connectivity index (χ1v) is 8.18. The first kappa shape index (κ1) is 17.4. The molecule has 0 aliphatic heterocycles. The van der Waals surface area contributed by atoms with Gasteiger partial charge in [0, 0.05) is 5.56 Å². The van der Waals surface area contributed by atoms with Crippen LogP contribution in [-0.4, -0.2) is 35.4 Å². The molecule has 0 spiro atoms. The lowest BCUT2D eigenvalue weighted by molar-refractivity contribution is 0.102. The van der Waals surface area contributed by atoms with E-state index in [4.69, 9.17) is 18.3 Å². The molecule has 0 saturated heterocycles. The number of amides is 1. The largest absolute Gasteiger partial charge is 0.504 e. The van der Waals surface area contributed by atoms with Crippen molar-refractivity contribution < 1.29 is 28.2 Å². The lowest BCUT2D eigenvalue weighted by Crippen LogP contribution is -2.11. The Bertz CT molecular complexity index is 1150. The zero-order valence-electron chi connectivity index (χ0n) is 14.9. The summed E-state index contributed by atoms with van der Waals surface area (Å²) in [5.74, 6) is -0.379. The summed E-state index contributed by atoms with van der Waals surface area (Å²) < 4.78 is 21.6. The molecule has 142 valence electrons. The molecule has 0 aliphatic carbocycles. The topological polar surface area (TPSA) is 120 Å². The Hall–Kier alpha value is -4.01. The summed E-state index contributed by atoms with van der Waals surface area (Å²) in [7, 11) is 2.83. The number of aromatic nitrogens is 2. The van der Waals surface area contributed by atoms with E-state index in [0.717, 1.165) is 0 Å². The Balaban J connectivity index is 1.75. The number of hydrogen-bond acceptors (Lipinski definition) is 8. The minimum atomic E-state index is -0.408. The van der Waals surface area contributed by atoms with Gasteiger partial charge in [0.2, 0.25) is 5.75 Å². The van der Waals surface area contributed by atoms with Gasteiger partial charge in [-0.3, -0.25) is 10.1 Å². The highest BCUT2D eigenvalue weighted by atomic mass is 16.5. The molecule has 4 aromatic rings. The average molecular weight is 381 g/mol. The predicted molar refractivity (Wildman–Crippen MR) is 98.7 cm³/mol. The van der Waals surface area contributed by atoms with E-state index in [1.807, 2.05) is 0 Å². The molecule has 2 heterocycles. The highest BCUT2D eigenvalue weighted by Crippen LogP contribution is 2.50. The highest BCUT2D eigenvalue weighted by Gasteiger charge is 2.27. The van der Waals surface area contributed by atoms with Crippen molar-refractivity contribution in [3.05, 3.63) is 48.2 Å². The van der Waals surface area contributed by atoms with Crippen LogP contribution < -0.4 is 14.8 Å². The SMILES string of the molecule is COc1c(-c2nnc(NC(=O)c3ccccc3)o2)c(O)c(OC)c2occc12. The van der Waals surface area contributed by atoms with Gasteiger partial charge >= 0.3 is 6.01 Å². The third kappa shape index (κ3) is 2.78. The zero-order chi connectivity index (χ0) is 19.7. The summed E-state index contributed by atoms with van der Waals surface area (Å²) in [6.07, 6.45) is 1.44. The molecule has 28 heavy (non-hydrogen) atoms. The first-order valence-electron chi connectivity index (χ1n) is 8.18. The fourth-order valence-corrected chi connectivity index (χ4v) is 2.86. The predicted octanol–water partition coefficient (Wildman–Crippen LogP) is 3.46. The van der Waals surface area contributed by atoms with E-state index in [1.54, 1.807) is 36.4 Å². The number of nitrogens with zero attached hydrogens (tertiary/aromatic N) is 2. The molecule has 9 heteroatoms. The van der Waals surface area contributed by atoms with Crippen LogP contribution in [0.1, 0.15) is 10.4 Å². The smallest absolute Gasteiger partial charge is 0.322 e. The van der Waals surface area contributed by atoms with Gasteiger partial charge in [0.15, 0.2) is 11.3 Å². The number of aromatic hydroxyl groups is 1. The monoisotopic (exact) mass is 381 g/mol. The number of hydrogen-bond donors (Lipinski definition) is 2. The summed E-state index contributed by atoms with van der Waals surface area (Å²) >= 11 is 0. The number of anilines is 1. The van der Waals surface area contributed by atoms with Gasteiger partial charge in [0.05, 0.1) is 25.9 Å².